The molecular formula is C23H28N2O3. The Labute approximate surface area is 166 Å². The first kappa shape index (κ1) is 18.9. The molecule has 0 N–H and O–H groups in total. The molecule has 1 aliphatic heterocycles. The van der Waals surface area contributed by atoms with Crippen molar-refractivity contribution in [3.05, 3.63) is 53.8 Å². The van der Waals surface area contributed by atoms with E-state index in [-0.39, 0.29) is 12.0 Å². The Hall–Kier alpha value is -2.40. The predicted molar refractivity (Wildman–Crippen MR) is 108 cm³/mol. The van der Waals surface area contributed by atoms with Crippen LogP contribution in [0.5, 0.6) is 0 Å². The van der Waals surface area contributed by atoms with Crippen LogP contribution >= 0.6 is 0 Å². The van der Waals surface area contributed by atoms with Gasteiger partial charge in [0.25, 0.3) is 5.91 Å². The highest BCUT2D eigenvalue weighted by Crippen LogP contribution is 2.29. The molecule has 2 heterocycles. The van der Waals surface area contributed by atoms with Gasteiger partial charge < -0.3 is 14.2 Å². The molecule has 2 aliphatic rings. The number of carbonyl (C=O) groups excluding carboxylic acids is 1. The fourth-order valence-electron chi connectivity index (χ4n) is 4.13. The molecule has 28 heavy (non-hydrogen) atoms. The summed E-state index contributed by atoms with van der Waals surface area (Å²) < 4.78 is 11.2. The van der Waals surface area contributed by atoms with Crippen LogP contribution in [-0.4, -0.2) is 35.2 Å². The van der Waals surface area contributed by atoms with E-state index in [2.05, 4.69) is 17.3 Å². The second kappa shape index (κ2) is 8.74. The largest absolute Gasteiger partial charge is 0.368 e. The van der Waals surface area contributed by atoms with Gasteiger partial charge in [0, 0.05) is 24.3 Å². The molecule has 0 unspecified atom stereocenters. The Balaban J connectivity index is 1.59. The number of amides is 1. The van der Waals surface area contributed by atoms with Crippen LogP contribution in [-0.2, 0) is 16.1 Å². The van der Waals surface area contributed by atoms with Crippen LogP contribution < -0.4 is 0 Å². The Morgan fingerprint density at radius 3 is 2.79 bits per heavy atom. The van der Waals surface area contributed by atoms with Crippen molar-refractivity contribution < 1.29 is 14.1 Å². The number of aryl methyl sites for hydroxylation is 1. The van der Waals surface area contributed by atoms with Crippen LogP contribution in [0.2, 0.25) is 0 Å². The van der Waals surface area contributed by atoms with Crippen LogP contribution in [0.3, 0.4) is 0 Å². The van der Waals surface area contributed by atoms with Crippen LogP contribution in [0, 0.1) is 12.8 Å². The molecule has 1 fully saturated rings. The number of benzene rings is 1. The van der Waals surface area contributed by atoms with Crippen LogP contribution in [0.1, 0.15) is 43.4 Å². The summed E-state index contributed by atoms with van der Waals surface area (Å²) in [7, 11) is 0. The summed E-state index contributed by atoms with van der Waals surface area (Å²) >= 11 is 0. The topological polar surface area (TPSA) is 55.6 Å². The van der Waals surface area contributed by atoms with Gasteiger partial charge in [-0.2, -0.15) is 0 Å². The van der Waals surface area contributed by atoms with Crippen molar-refractivity contribution in [2.75, 3.05) is 13.2 Å². The lowest BCUT2D eigenvalue weighted by Crippen LogP contribution is -2.41. The van der Waals surface area contributed by atoms with Gasteiger partial charge in [0.2, 0.25) is 0 Å². The summed E-state index contributed by atoms with van der Waals surface area (Å²) in [6.45, 7) is 3.87. The van der Waals surface area contributed by atoms with Gasteiger partial charge in [-0.3, -0.25) is 4.79 Å². The van der Waals surface area contributed by atoms with Gasteiger partial charge in [-0.15, -0.1) is 0 Å². The van der Waals surface area contributed by atoms with Crippen molar-refractivity contribution in [3.63, 3.8) is 0 Å². The minimum absolute atomic E-state index is 0.103. The molecule has 4 rings (SSSR count). The van der Waals surface area contributed by atoms with Gasteiger partial charge in [-0.05, 0) is 44.9 Å². The number of carbonyl (C=O) groups is 1. The third-order valence-corrected chi connectivity index (χ3v) is 5.75. The minimum Gasteiger partial charge on any atom is -0.368 e. The first-order valence-corrected chi connectivity index (χ1v) is 10.3. The molecule has 5 heteroatoms. The van der Waals surface area contributed by atoms with E-state index in [9.17, 15) is 4.79 Å². The molecule has 1 aromatic heterocycles. The molecule has 1 amide bonds. The Morgan fingerprint density at radius 1 is 1.21 bits per heavy atom. The summed E-state index contributed by atoms with van der Waals surface area (Å²) in [4.78, 5) is 15.2. The van der Waals surface area contributed by atoms with Crippen molar-refractivity contribution in [2.24, 2.45) is 5.92 Å². The maximum Gasteiger partial charge on any atom is 0.252 e. The fourth-order valence-corrected chi connectivity index (χ4v) is 4.13. The van der Waals surface area contributed by atoms with E-state index in [0.717, 1.165) is 61.2 Å². The summed E-state index contributed by atoms with van der Waals surface area (Å²) in [6, 6.07) is 10.0. The monoisotopic (exact) mass is 380 g/mol. The number of aromatic nitrogens is 1. The third kappa shape index (κ3) is 4.20. The number of hydrogen-bond donors (Lipinski definition) is 0. The maximum atomic E-state index is 13.2. The standard InChI is InChI=1S/C23H28N2O3/c1-17-20(22(24-28-17)19-11-6-3-7-12-19)16-25(15-18-9-4-2-5-10-18)23(26)21-13-8-14-27-21/h2-4,6-7,11-12,18,21H,5,8-10,13-16H2,1H3/t18-,21+/m0/s1. The average Bonchev–Trinajstić information content (AvgIpc) is 3.39. The molecule has 0 spiro atoms. The van der Waals surface area contributed by atoms with Gasteiger partial charge in [0.1, 0.15) is 17.6 Å². The SMILES string of the molecule is Cc1onc(-c2ccccc2)c1CN(C[C@H]1CC=CCC1)C(=O)[C@H]1CCCO1. The molecule has 0 bridgehead atoms. The molecule has 0 saturated carbocycles. The van der Waals surface area contributed by atoms with Gasteiger partial charge in [0.15, 0.2) is 0 Å². The lowest BCUT2D eigenvalue weighted by Gasteiger charge is -2.30. The number of hydrogen-bond acceptors (Lipinski definition) is 4. The molecule has 2 atom stereocenters. The third-order valence-electron chi connectivity index (χ3n) is 5.75. The number of rotatable bonds is 6. The lowest BCUT2D eigenvalue weighted by atomic mass is 9.93. The first-order valence-electron chi connectivity index (χ1n) is 10.3. The van der Waals surface area contributed by atoms with Crippen LogP contribution in [0.15, 0.2) is 47.0 Å². The summed E-state index contributed by atoms with van der Waals surface area (Å²) in [6.07, 6.45) is 9.19. The Kier molecular flexibility index (Phi) is 5.91. The second-order valence-electron chi connectivity index (χ2n) is 7.80. The number of allylic oxidation sites excluding steroid dienone is 2. The molecule has 148 valence electrons. The van der Waals surface area contributed by atoms with Gasteiger partial charge in [-0.1, -0.05) is 47.6 Å². The zero-order chi connectivity index (χ0) is 19.3. The van der Waals surface area contributed by atoms with E-state index in [1.54, 1.807) is 0 Å². The normalized spacial score (nSPS) is 21.8. The Bertz CT molecular complexity index is 822. The van der Waals surface area contributed by atoms with Crippen molar-refractivity contribution in [1.82, 2.24) is 10.1 Å². The molecule has 0 radical (unpaired) electrons. The van der Waals surface area contributed by atoms with E-state index in [1.165, 1.54) is 0 Å². The zero-order valence-electron chi connectivity index (χ0n) is 16.5. The summed E-state index contributed by atoms with van der Waals surface area (Å²) in [5, 5.41) is 4.29. The van der Waals surface area contributed by atoms with Crippen molar-refractivity contribution >= 4 is 5.91 Å². The highest BCUT2D eigenvalue weighted by Gasteiger charge is 2.31. The molecule has 5 nitrogen and oxygen atoms in total. The number of ether oxygens (including phenoxy) is 1. The fraction of sp³-hybridized carbons (Fsp3) is 0.478. The van der Waals surface area contributed by atoms with Crippen molar-refractivity contribution in [3.8, 4) is 11.3 Å². The highest BCUT2D eigenvalue weighted by atomic mass is 16.5. The van der Waals surface area contributed by atoms with Crippen molar-refractivity contribution in [2.45, 2.75) is 51.7 Å². The second-order valence-corrected chi connectivity index (χ2v) is 7.80. The zero-order valence-corrected chi connectivity index (χ0v) is 16.5. The van der Waals surface area contributed by atoms with Crippen LogP contribution in [0.25, 0.3) is 11.3 Å². The van der Waals surface area contributed by atoms with E-state index in [0.29, 0.717) is 19.1 Å². The van der Waals surface area contributed by atoms with Crippen molar-refractivity contribution in [1.29, 1.82) is 0 Å². The Morgan fingerprint density at radius 2 is 2.07 bits per heavy atom. The predicted octanol–water partition coefficient (Wildman–Crippen LogP) is 4.51. The first-order chi connectivity index (χ1) is 13.7. The smallest absolute Gasteiger partial charge is 0.252 e. The lowest BCUT2D eigenvalue weighted by molar-refractivity contribution is -0.142. The average molecular weight is 380 g/mol. The summed E-state index contributed by atoms with van der Waals surface area (Å²) in [5.74, 6) is 1.37. The quantitative estimate of drug-likeness (QED) is 0.692. The molecular weight excluding hydrogens is 352 g/mol. The molecule has 1 aliphatic carbocycles. The van der Waals surface area contributed by atoms with Gasteiger partial charge in [-0.25, -0.2) is 0 Å². The van der Waals surface area contributed by atoms with E-state index in [1.807, 2.05) is 42.2 Å². The van der Waals surface area contributed by atoms with Gasteiger partial charge >= 0.3 is 0 Å². The molecule has 1 saturated heterocycles. The highest BCUT2D eigenvalue weighted by molar-refractivity contribution is 5.81. The molecule has 1 aromatic carbocycles. The maximum absolute atomic E-state index is 13.2. The van der Waals surface area contributed by atoms with Crippen LogP contribution in [0.4, 0.5) is 0 Å². The molecule has 2 aromatic rings. The summed E-state index contributed by atoms with van der Waals surface area (Å²) in [5.41, 5.74) is 2.83. The minimum atomic E-state index is -0.306. The van der Waals surface area contributed by atoms with E-state index < -0.39 is 0 Å². The number of nitrogens with zero attached hydrogens (tertiary/aromatic N) is 2. The van der Waals surface area contributed by atoms with E-state index >= 15 is 0 Å². The van der Waals surface area contributed by atoms with E-state index in [4.69, 9.17) is 9.26 Å². The van der Waals surface area contributed by atoms with Gasteiger partial charge in [0.05, 0.1) is 6.54 Å².